The molecule has 2 N–H and O–H groups in total. The number of hydrogen-bond donors (Lipinski definition) is 2. The molecule has 0 saturated carbocycles. The number of nitrogens with zero attached hydrogens (tertiary/aromatic N) is 2. The molecule has 6 heteroatoms. The molecule has 0 spiro atoms. The highest BCUT2D eigenvalue weighted by atomic mass is 19.1. The molecule has 5 nitrogen and oxygen atoms in total. The van der Waals surface area contributed by atoms with Crippen LogP contribution in [0.5, 0.6) is 0 Å². The summed E-state index contributed by atoms with van der Waals surface area (Å²) < 4.78 is 18.8. The predicted octanol–water partition coefficient (Wildman–Crippen LogP) is 4.04. The molecule has 3 rings (SSSR count). The molecule has 0 saturated heterocycles. The molecular weight excluding hydrogens is 343 g/mol. The van der Waals surface area contributed by atoms with Crippen molar-refractivity contribution >= 4 is 5.96 Å². The summed E-state index contributed by atoms with van der Waals surface area (Å²) in [6.45, 7) is 5.65. The van der Waals surface area contributed by atoms with Gasteiger partial charge < -0.3 is 15.1 Å². The maximum Gasteiger partial charge on any atom is 0.214 e. The minimum absolute atomic E-state index is 0.249. The molecule has 1 aromatic heterocycles. The molecule has 2 aromatic carbocycles. The predicted molar refractivity (Wildman–Crippen MR) is 105 cm³/mol. The lowest BCUT2D eigenvalue weighted by Crippen LogP contribution is -2.36. The van der Waals surface area contributed by atoms with Gasteiger partial charge in [0.1, 0.15) is 5.82 Å². The van der Waals surface area contributed by atoms with E-state index >= 15 is 0 Å². The van der Waals surface area contributed by atoms with E-state index in [1.54, 1.807) is 18.3 Å². The molecule has 0 atom stereocenters. The molecule has 0 aliphatic rings. The number of aromatic nitrogens is 1. The third-order valence-electron chi connectivity index (χ3n) is 3.97. The Morgan fingerprint density at radius 3 is 2.52 bits per heavy atom. The molecule has 0 aliphatic carbocycles. The first-order valence-corrected chi connectivity index (χ1v) is 8.92. The normalized spacial score (nSPS) is 11.4. The SMILES string of the molecule is CCNC(=NCc1ccc(F)cc1)NCc1ncc(-c2ccc(C)cc2)o1. The summed E-state index contributed by atoms with van der Waals surface area (Å²) in [5.74, 6) is 1.72. The van der Waals surface area contributed by atoms with Crippen molar-refractivity contribution in [3.8, 4) is 11.3 Å². The number of aliphatic imine (C=N–C) groups is 1. The molecular formula is C21H23FN4O. The molecule has 140 valence electrons. The fourth-order valence-corrected chi connectivity index (χ4v) is 2.50. The number of halogens is 1. The van der Waals surface area contributed by atoms with Gasteiger partial charge in [0.05, 0.1) is 19.3 Å². The van der Waals surface area contributed by atoms with Crippen molar-refractivity contribution in [3.63, 3.8) is 0 Å². The van der Waals surface area contributed by atoms with Crippen LogP contribution in [0.25, 0.3) is 11.3 Å². The fourth-order valence-electron chi connectivity index (χ4n) is 2.50. The number of guanidine groups is 1. The maximum absolute atomic E-state index is 13.0. The molecule has 27 heavy (non-hydrogen) atoms. The maximum atomic E-state index is 13.0. The van der Waals surface area contributed by atoms with Crippen molar-refractivity contribution in [2.45, 2.75) is 26.9 Å². The van der Waals surface area contributed by atoms with Gasteiger partial charge in [-0.25, -0.2) is 14.4 Å². The van der Waals surface area contributed by atoms with E-state index in [4.69, 9.17) is 4.42 Å². The Hall–Kier alpha value is -3.15. The summed E-state index contributed by atoms with van der Waals surface area (Å²) in [5, 5.41) is 6.38. The summed E-state index contributed by atoms with van der Waals surface area (Å²) in [5.41, 5.74) is 3.13. The van der Waals surface area contributed by atoms with Gasteiger partial charge in [0.25, 0.3) is 0 Å². The van der Waals surface area contributed by atoms with E-state index in [1.807, 2.05) is 38.1 Å². The number of rotatable bonds is 6. The molecule has 3 aromatic rings. The first kappa shape index (κ1) is 18.6. The highest BCUT2D eigenvalue weighted by Crippen LogP contribution is 2.20. The van der Waals surface area contributed by atoms with Crippen LogP contribution in [0.4, 0.5) is 4.39 Å². The fraction of sp³-hybridized carbons (Fsp3) is 0.238. The molecule has 0 unspecified atom stereocenters. The van der Waals surface area contributed by atoms with Gasteiger partial charge in [-0.15, -0.1) is 0 Å². The number of benzene rings is 2. The van der Waals surface area contributed by atoms with Crippen molar-refractivity contribution in [1.29, 1.82) is 0 Å². The van der Waals surface area contributed by atoms with E-state index in [0.29, 0.717) is 24.9 Å². The van der Waals surface area contributed by atoms with Crippen LogP contribution in [0.15, 0.2) is 64.1 Å². The topological polar surface area (TPSA) is 62.5 Å². The zero-order chi connectivity index (χ0) is 19.1. The lowest BCUT2D eigenvalue weighted by Gasteiger charge is -2.09. The van der Waals surface area contributed by atoms with Crippen molar-refractivity contribution in [1.82, 2.24) is 15.6 Å². The molecule has 0 amide bonds. The summed E-state index contributed by atoms with van der Waals surface area (Å²) in [6, 6.07) is 14.4. The second-order valence-electron chi connectivity index (χ2n) is 6.16. The number of nitrogens with one attached hydrogen (secondary N) is 2. The van der Waals surface area contributed by atoms with E-state index in [0.717, 1.165) is 23.4 Å². The van der Waals surface area contributed by atoms with Crippen molar-refractivity contribution in [2.24, 2.45) is 4.99 Å². The van der Waals surface area contributed by atoms with Gasteiger partial charge in [-0.1, -0.05) is 42.0 Å². The van der Waals surface area contributed by atoms with E-state index in [-0.39, 0.29) is 5.82 Å². The first-order valence-electron chi connectivity index (χ1n) is 8.92. The minimum atomic E-state index is -0.249. The monoisotopic (exact) mass is 366 g/mol. The van der Waals surface area contributed by atoms with Crippen molar-refractivity contribution in [3.05, 3.63) is 77.6 Å². The average molecular weight is 366 g/mol. The summed E-state index contributed by atoms with van der Waals surface area (Å²) in [6.07, 6.45) is 1.73. The van der Waals surface area contributed by atoms with E-state index in [9.17, 15) is 4.39 Å². The third-order valence-corrected chi connectivity index (χ3v) is 3.97. The van der Waals surface area contributed by atoms with Gasteiger partial charge in [0.2, 0.25) is 5.89 Å². The Labute approximate surface area is 158 Å². The van der Waals surface area contributed by atoms with Crippen molar-refractivity contribution < 1.29 is 8.81 Å². The van der Waals surface area contributed by atoms with Crippen LogP contribution >= 0.6 is 0 Å². The second-order valence-corrected chi connectivity index (χ2v) is 6.16. The smallest absolute Gasteiger partial charge is 0.214 e. The van der Waals surface area contributed by atoms with Gasteiger partial charge in [0, 0.05) is 12.1 Å². The van der Waals surface area contributed by atoms with Crippen LogP contribution in [-0.2, 0) is 13.1 Å². The quantitative estimate of drug-likeness (QED) is 0.510. The van der Waals surface area contributed by atoms with Crippen LogP contribution in [-0.4, -0.2) is 17.5 Å². The van der Waals surface area contributed by atoms with Gasteiger partial charge in [-0.3, -0.25) is 0 Å². The van der Waals surface area contributed by atoms with Crippen LogP contribution in [0.3, 0.4) is 0 Å². The average Bonchev–Trinajstić information content (AvgIpc) is 3.15. The van der Waals surface area contributed by atoms with Crippen LogP contribution < -0.4 is 10.6 Å². The van der Waals surface area contributed by atoms with Gasteiger partial charge in [0.15, 0.2) is 11.7 Å². The zero-order valence-electron chi connectivity index (χ0n) is 15.5. The van der Waals surface area contributed by atoms with E-state index in [2.05, 4.69) is 20.6 Å². The van der Waals surface area contributed by atoms with Gasteiger partial charge in [-0.05, 0) is 31.5 Å². The number of aryl methyl sites for hydroxylation is 1. The zero-order valence-corrected chi connectivity index (χ0v) is 15.5. The van der Waals surface area contributed by atoms with Gasteiger partial charge in [-0.2, -0.15) is 0 Å². The summed E-state index contributed by atoms with van der Waals surface area (Å²) in [7, 11) is 0. The number of hydrogen-bond acceptors (Lipinski definition) is 3. The Kier molecular flexibility index (Phi) is 6.20. The molecule has 1 heterocycles. The molecule has 0 radical (unpaired) electrons. The van der Waals surface area contributed by atoms with Crippen LogP contribution in [0.1, 0.15) is 23.9 Å². The standard InChI is InChI=1S/C21H23FN4O/c1-3-23-21(25-12-16-6-10-18(22)11-7-16)26-14-20-24-13-19(27-20)17-8-4-15(2)5-9-17/h4-11,13H,3,12,14H2,1-2H3,(H2,23,25,26). The lowest BCUT2D eigenvalue weighted by molar-refractivity contribution is 0.497. The molecule has 0 bridgehead atoms. The van der Waals surface area contributed by atoms with E-state index in [1.165, 1.54) is 17.7 Å². The minimum Gasteiger partial charge on any atom is -0.439 e. The summed E-state index contributed by atoms with van der Waals surface area (Å²) >= 11 is 0. The second kappa shape index (κ2) is 8.98. The largest absolute Gasteiger partial charge is 0.439 e. The lowest BCUT2D eigenvalue weighted by atomic mass is 10.1. The summed E-state index contributed by atoms with van der Waals surface area (Å²) in [4.78, 5) is 8.83. The third kappa shape index (κ3) is 5.41. The molecule has 0 fully saturated rings. The Morgan fingerprint density at radius 1 is 1.07 bits per heavy atom. The molecule has 0 aliphatic heterocycles. The first-order chi connectivity index (χ1) is 13.1. The highest BCUT2D eigenvalue weighted by Gasteiger charge is 2.07. The van der Waals surface area contributed by atoms with Crippen LogP contribution in [0.2, 0.25) is 0 Å². The van der Waals surface area contributed by atoms with Gasteiger partial charge >= 0.3 is 0 Å². The Morgan fingerprint density at radius 2 is 1.81 bits per heavy atom. The Bertz CT molecular complexity index is 885. The van der Waals surface area contributed by atoms with Crippen molar-refractivity contribution in [2.75, 3.05) is 6.54 Å². The van der Waals surface area contributed by atoms with Crippen LogP contribution in [0, 0.1) is 12.7 Å². The Balaban J connectivity index is 1.61. The van der Waals surface area contributed by atoms with E-state index < -0.39 is 0 Å². The number of oxazole rings is 1. The highest BCUT2D eigenvalue weighted by molar-refractivity contribution is 5.79.